The van der Waals surface area contributed by atoms with Crippen molar-refractivity contribution in [2.45, 2.75) is 49.9 Å². The molecule has 215 valence electrons. The van der Waals surface area contributed by atoms with Crippen LogP contribution in [0.2, 0.25) is 0 Å². The van der Waals surface area contributed by atoms with Crippen molar-refractivity contribution >= 4 is 10.3 Å². The third-order valence-corrected chi connectivity index (χ3v) is 11.4. The molecule has 1 fully saturated rings. The van der Waals surface area contributed by atoms with Gasteiger partial charge in [-0.3, -0.25) is 0 Å². The maximum atomic E-state index is 3.45. The molecule has 0 aliphatic heterocycles. The summed E-state index contributed by atoms with van der Waals surface area (Å²) in [5.74, 6) is 1.69. The summed E-state index contributed by atoms with van der Waals surface area (Å²) in [6.45, 7) is 0. The Balaban J connectivity index is 1.24. The molecule has 5 aromatic rings. The van der Waals surface area contributed by atoms with Gasteiger partial charge in [-0.05, 0) is 0 Å². The molecule has 45 heavy (non-hydrogen) atoms. The first kappa shape index (κ1) is 27.4. The Morgan fingerprint density at radius 3 is 2.09 bits per heavy atom. The number of fused-ring (bicyclic) bond motifs is 6. The second kappa shape index (κ2) is 11.1. The van der Waals surface area contributed by atoms with Crippen LogP contribution < -0.4 is 0 Å². The minimum atomic E-state index is 0.233. The molecule has 0 heterocycles. The van der Waals surface area contributed by atoms with Gasteiger partial charge in [0.2, 0.25) is 0 Å². The summed E-state index contributed by atoms with van der Waals surface area (Å²) in [6, 6.07) is 43.5. The van der Waals surface area contributed by atoms with E-state index in [-0.39, 0.29) is 5.92 Å². The van der Waals surface area contributed by atoms with Gasteiger partial charge in [0.15, 0.2) is 0 Å². The Hall–Kier alpha value is -3.97. The molecule has 0 radical (unpaired) electrons. The number of rotatable bonds is 6. The van der Waals surface area contributed by atoms with E-state index >= 15 is 0 Å². The number of allylic oxidation sites excluding steroid dienone is 4. The van der Waals surface area contributed by atoms with Crippen LogP contribution in [-0.4, -0.2) is 4.73 Å². The molecule has 5 aromatic carbocycles. The third kappa shape index (κ3) is 4.38. The Kier molecular flexibility index (Phi) is 6.76. The van der Waals surface area contributed by atoms with Crippen LogP contribution in [0.5, 0.6) is 0 Å². The van der Waals surface area contributed by atoms with Crippen molar-refractivity contribution < 1.29 is 17.0 Å². The zero-order valence-electron chi connectivity index (χ0n) is 25.4. The van der Waals surface area contributed by atoms with Gasteiger partial charge in [0.25, 0.3) is 0 Å². The van der Waals surface area contributed by atoms with E-state index in [4.69, 9.17) is 0 Å². The van der Waals surface area contributed by atoms with Gasteiger partial charge in [-0.15, -0.1) is 0 Å². The molecule has 1 saturated carbocycles. The molecule has 4 aliphatic rings. The molecule has 0 spiro atoms. The Bertz CT molecular complexity index is 2020. The predicted molar refractivity (Wildman–Crippen MR) is 183 cm³/mol. The number of hydrogen-bond acceptors (Lipinski definition) is 0. The Morgan fingerprint density at radius 2 is 1.27 bits per heavy atom. The summed E-state index contributed by atoms with van der Waals surface area (Å²) in [7, 11) is 0. The van der Waals surface area contributed by atoms with Crippen LogP contribution in [0.4, 0.5) is 0 Å². The van der Waals surface area contributed by atoms with E-state index < -0.39 is 0 Å². The first-order valence-electron chi connectivity index (χ1n) is 16.6. The normalized spacial score (nSPS) is 21.2. The monoisotopic (exact) mass is 614 g/mol. The Morgan fingerprint density at radius 1 is 0.622 bits per heavy atom. The summed E-state index contributed by atoms with van der Waals surface area (Å²) in [6.07, 6.45) is 11.2. The number of hydrogen-bond donors (Lipinski definition) is 0. The fourth-order valence-corrected chi connectivity index (χ4v) is 9.43. The topological polar surface area (TPSA) is 0 Å². The van der Waals surface area contributed by atoms with Crippen LogP contribution in [-0.2, 0) is 23.4 Å². The summed E-state index contributed by atoms with van der Waals surface area (Å²) in [4.78, 5) is 0. The zero-order chi connectivity index (χ0) is 29.9. The molecule has 4 aliphatic carbocycles. The SMILES string of the molecule is [V+2]=[C-]C(=CC1=CC(c2cccc3c2C(C2CCCC2)c2cccc4c2C3c2ccccc2-4)c2ccccc21)Cc1ccccc1. The fraction of sp³-hybridized carbons (Fsp3) is 0.205. The van der Waals surface area contributed by atoms with Crippen molar-refractivity contribution in [3.8, 4) is 11.1 Å². The van der Waals surface area contributed by atoms with Crippen LogP contribution in [0.3, 0.4) is 0 Å². The van der Waals surface area contributed by atoms with Gasteiger partial charge in [0.1, 0.15) is 0 Å². The summed E-state index contributed by atoms with van der Waals surface area (Å²) in [5.41, 5.74) is 18.8. The summed E-state index contributed by atoms with van der Waals surface area (Å²) < 4.78 is 3.45. The van der Waals surface area contributed by atoms with Gasteiger partial charge in [0, 0.05) is 0 Å². The standard InChI is InChI=1S/C44H35.V/c1-28(25-29-13-3-2-4-14-29)26-31-27-40(33-18-8-7-17-32(31)33)37-22-12-24-39-42(37)41(30-15-5-6-16-30)38-23-11-21-36-34-19-9-10-20-35(34)44(39)43(36)38;/h2-4,7-14,17-24,26-27,30,40-41,44H,5-6,15-16,25H2;/q-1;+2. The molecule has 0 N–H and O–H groups in total. The molecule has 0 bridgehead atoms. The van der Waals surface area contributed by atoms with Gasteiger partial charge in [-0.2, -0.15) is 0 Å². The number of benzene rings is 5. The molecule has 3 atom stereocenters. The van der Waals surface area contributed by atoms with Crippen molar-refractivity contribution in [2.75, 3.05) is 0 Å². The summed E-state index contributed by atoms with van der Waals surface area (Å²) >= 11 is 2.56. The van der Waals surface area contributed by atoms with Crippen molar-refractivity contribution in [3.63, 3.8) is 0 Å². The van der Waals surface area contributed by atoms with E-state index in [9.17, 15) is 0 Å². The van der Waals surface area contributed by atoms with Gasteiger partial charge >= 0.3 is 253 Å². The van der Waals surface area contributed by atoms with E-state index in [2.05, 4.69) is 149 Å². The van der Waals surface area contributed by atoms with Crippen LogP contribution in [0, 0.1) is 5.92 Å². The molecular formula is C44H35V+. The Labute approximate surface area is 276 Å². The maximum absolute atomic E-state index is 3.45. The van der Waals surface area contributed by atoms with Crippen molar-refractivity contribution in [2.24, 2.45) is 5.92 Å². The van der Waals surface area contributed by atoms with Crippen LogP contribution in [0.1, 0.15) is 93.5 Å². The molecule has 0 saturated heterocycles. The van der Waals surface area contributed by atoms with E-state index in [0.29, 0.717) is 17.8 Å². The molecular weight excluding hydrogens is 579 g/mol. The quantitative estimate of drug-likeness (QED) is 0.164. The third-order valence-electron chi connectivity index (χ3n) is 11.0. The molecule has 3 unspecified atom stereocenters. The van der Waals surface area contributed by atoms with Crippen LogP contribution in [0.25, 0.3) is 16.7 Å². The van der Waals surface area contributed by atoms with Gasteiger partial charge in [-0.1, -0.05) is 24.3 Å². The van der Waals surface area contributed by atoms with Crippen molar-refractivity contribution in [1.29, 1.82) is 0 Å². The van der Waals surface area contributed by atoms with Crippen molar-refractivity contribution in [3.05, 3.63) is 183 Å². The average molecular weight is 615 g/mol. The summed E-state index contributed by atoms with van der Waals surface area (Å²) in [5, 5.41) is 0. The average Bonchev–Trinajstić information content (AvgIpc) is 3.83. The first-order chi connectivity index (χ1) is 22.3. The van der Waals surface area contributed by atoms with E-state index in [1.165, 1.54) is 75.8 Å². The molecule has 9 rings (SSSR count). The van der Waals surface area contributed by atoms with Crippen LogP contribution >= 0.6 is 0 Å². The predicted octanol–water partition coefficient (Wildman–Crippen LogP) is 10.4. The molecule has 0 nitrogen and oxygen atoms in total. The zero-order valence-corrected chi connectivity index (χ0v) is 26.8. The first-order valence-corrected chi connectivity index (χ1v) is 17.3. The van der Waals surface area contributed by atoms with E-state index in [1.807, 2.05) is 0 Å². The van der Waals surface area contributed by atoms with Crippen LogP contribution in [0.15, 0.2) is 133 Å². The minimum absolute atomic E-state index is 0.233. The van der Waals surface area contributed by atoms with Gasteiger partial charge in [-0.25, -0.2) is 0 Å². The fourth-order valence-electron chi connectivity index (χ4n) is 9.20. The van der Waals surface area contributed by atoms with Gasteiger partial charge in [0.05, 0.1) is 0 Å². The second-order valence-corrected chi connectivity index (χ2v) is 13.7. The second-order valence-electron chi connectivity index (χ2n) is 13.3. The molecule has 1 heteroatoms. The molecule has 0 aromatic heterocycles. The van der Waals surface area contributed by atoms with Gasteiger partial charge < -0.3 is 0 Å². The van der Waals surface area contributed by atoms with E-state index in [1.54, 1.807) is 22.3 Å². The van der Waals surface area contributed by atoms with E-state index in [0.717, 1.165) is 6.42 Å². The van der Waals surface area contributed by atoms with Crippen molar-refractivity contribution in [1.82, 2.24) is 0 Å². The molecule has 0 amide bonds.